The Morgan fingerprint density at radius 2 is 1.87 bits per heavy atom. The molecule has 2 aromatic heterocycles. The summed E-state index contributed by atoms with van der Waals surface area (Å²) in [6.07, 6.45) is 3.54. The number of rotatable bonds is 6. The zero-order valence-electron chi connectivity index (χ0n) is 17.9. The topological polar surface area (TPSA) is 115 Å². The van der Waals surface area contributed by atoms with Crippen LogP contribution in [0.15, 0.2) is 24.3 Å². The molecule has 2 amide bonds. The fraction of sp³-hybridized carbons (Fsp3) is 0.391. The van der Waals surface area contributed by atoms with Crippen LogP contribution < -0.4 is 11.5 Å². The summed E-state index contributed by atoms with van der Waals surface area (Å²) >= 11 is 1.43. The molecule has 1 aliphatic heterocycles. The molecule has 1 aliphatic rings. The molecular formula is C23H27N5O2S. The largest absolute Gasteiger partial charge is 0.368 e. The van der Waals surface area contributed by atoms with Crippen molar-refractivity contribution in [3.05, 3.63) is 51.7 Å². The van der Waals surface area contributed by atoms with Gasteiger partial charge in [-0.15, -0.1) is 11.3 Å². The molecule has 7 nitrogen and oxygen atoms in total. The van der Waals surface area contributed by atoms with Crippen molar-refractivity contribution in [2.75, 3.05) is 12.3 Å². The van der Waals surface area contributed by atoms with Gasteiger partial charge in [-0.2, -0.15) is 0 Å². The van der Waals surface area contributed by atoms with E-state index in [9.17, 15) is 9.59 Å². The molecule has 8 heteroatoms. The summed E-state index contributed by atoms with van der Waals surface area (Å²) in [4.78, 5) is 36.2. The Bertz CT molecular complexity index is 1130. The zero-order chi connectivity index (χ0) is 22.1. The maximum Gasteiger partial charge on any atom is 0.259 e. The number of nitrogens with zero attached hydrogens (tertiary/aromatic N) is 3. The van der Waals surface area contributed by atoms with Crippen LogP contribution in [0.2, 0.25) is 0 Å². The van der Waals surface area contributed by atoms with Gasteiger partial charge in [-0.25, -0.2) is 9.97 Å². The first kappa shape index (κ1) is 21.2. The zero-order valence-corrected chi connectivity index (χ0v) is 18.7. The minimum Gasteiger partial charge on any atom is -0.368 e. The number of benzene rings is 1. The number of hydrogen-bond donors (Lipinski definition) is 2. The van der Waals surface area contributed by atoms with Gasteiger partial charge in [0.05, 0.1) is 4.88 Å². The Hall–Kier alpha value is -3.00. The highest BCUT2D eigenvalue weighted by molar-refractivity contribution is 7.21. The summed E-state index contributed by atoms with van der Waals surface area (Å²) < 4.78 is 1.05. The summed E-state index contributed by atoms with van der Waals surface area (Å²) in [6, 6.07) is 8.05. The molecule has 4 rings (SSSR count). The minimum absolute atomic E-state index is 0.0773. The summed E-state index contributed by atoms with van der Waals surface area (Å²) in [5.41, 5.74) is 15.0. The van der Waals surface area contributed by atoms with E-state index in [2.05, 4.69) is 9.97 Å². The summed E-state index contributed by atoms with van der Waals surface area (Å²) in [5, 5.41) is 1.06. The number of hydrogen-bond acceptors (Lipinski definition) is 6. The van der Waals surface area contributed by atoms with Crippen LogP contribution in [0.4, 0.5) is 5.95 Å². The lowest BCUT2D eigenvalue weighted by Crippen LogP contribution is -2.37. The standard InChI is InChI=1S/C23H27N5O2S/c1-13-16(14(2)27-23(25)26-13)9-10-20(29)28-11-5-6-15(28)12-18-17-7-3-4-8-19(17)31-21(18)22(24)30/h3-4,7-8,15H,5-6,9-12H2,1-2H3,(H2,24,30)(H2,25,26,27)/t15-/m0/s1. The van der Waals surface area contributed by atoms with E-state index in [4.69, 9.17) is 11.5 Å². The first-order valence-electron chi connectivity index (χ1n) is 10.5. The Kier molecular flexibility index (Phi) is 5.91. The second-order valence-electron chi connectivity index (χ2n) is 8.09. The van der Waals surface area contributed by atoms with Crippen molar-refractivity contribution in [2.24, 2.45) is 5.73 Å². The molecule has 0 bridgehead atoms. The summed E-state index contributed by atoms with van der Waals surface area (Å²) in [6.45, 7) is 4.54. The van der Waals surface area contributed by atoms with Crippen molar-refractivity contribution < 1.29 is 9.59 Å². The normalized spacial score (nSPS) is 16.2. The SMILES string of the molecule is Cc1nc(N)nc(C)c1CCC(=O)N1CCC[C@H]1Cc1c(C(N)=O)sc2ccccc12. The van der Waals surface area contributed by atoms with E-state index in [1.165, 1.54) is 11.3 Å². The Labute approximate surface area is 185 Å². The van der Waals surface area contributed by atoms with Crippen molar-refractivity contribution in [3.63, 3.8) is 0 Å². The van der Waals surface area contributed by atoms with Gasteiger partial charge in [0.25, 0.3) is 5.91 Å². The summed E-state index contributed by atoms with van der Waals surface area (Å²) in [5.74, 6) is -0.0161. The van der Waals surface area contributed by atoms with Crippen LogP contribution in [0.3, 0.4) is 0 Å². The molecule has 31 heavy (non-hydrogen) atoms. The van der Waals surface area contributed by atoms with Crippen LogP contribution in [0.5, 0.6) is 0 Å². The van der Waals surface area contributed by atoms with Crippen molar-refractivity contribution in [2.45, 2.75) is 52.0 Å². The predicted octanol–water partition coefficient (Wildman–Crippen LogP) is 3.16. The highest BCUT2D eigenvalue weighted by Crippen LogP contribution is 2.34. The molecule has 1 fully saturated rings. The van der Waals surface area contributed by atoms with Gasteiger partial charge in [0.2, 0.25) is 11.9 Å². The van der Waals surface area contributed by atoms with Crippen molar-refractivity contribution in [3.8, 4) is 0 Å². The van der Waals surface area contributed by atoms with Gasteiger partial charge in [0.15, 0.2) is 0 Å². The van der Waals surface area contributed by atoms with Gasteiger partial charge in [-0.05, 0) is 62.1 Å². The number of primary amides is 1. The highest BCUT2D eigenvalue weighted by Gasteiger charge is 2.31. The van der Waals surface area contributed by atoms with E-state index >= 15 is 0 Å². The Morgan fingerprint density at radius 3 is 2.58 bits per heavy atom. The average Bonchev–Trinajstić information content (AvgIpc) is 3.32. The molecule has 3 aromatic rings. The third-order valence-electron chi connectivity index (χ3n) is 6.09. The summed E-state index contributed by atoms with van der Waals surface area (Å²) in [7, 11) is 0. The monoisotopic (exact) mass is 437 g/mol. The third-order valence-corrected chi connectivity index (χ3v) is 7.31. The predicted molar refractivity (Wildman–Crippen MR) is 123 cm³/mol. The van der Waals surface area contributed by atoms with Crippen LogP contribution in [0.1, 0.15) is 51.4 Å². The van der Waals surface area contributed by atoms with E-state index in [0.717, 1.165) is 52.0 Å². The quantitative estimate of drug-likeness (QED) is 0.615. The molecule has 162 valence electrons. The average molecular weight is 438 g/mol. The number of amides is 2. The second-order valence-corrected chi connectivity index (χ2v) is 9.14. The van der Waals surface area contributed by atoms with Gasteiger partial charge in [0.1, 0.15) is 0 Å². The maximum atomic E-state index is 13.1. The van der Waals surface area contributed by atoms with Gasteiger partial charge in [0, 0.05) is 35.1 Å². The van der Waals surface area contributed by atoms with Gasteiger partial charge < -0.3 is 16.4 Å². The first-order valence-corrected chi connectivity index (χ1v) is 11.4. The fourth-order valence-corrected chi connectivity index (χ4v) is 5.70. The highest BCUT2D eigenvalue weighted by atomic mass is 32.1. The lowest BCUT2D eigenvalue weighted by molar-refractivity contribution is -0.131. The molecule has 0 spiro atoms. The number of carbonyl (C=O) groups excluding carboxylic acids is 2. The molecule has 0 saturated carbocycles. The van der Waals surface area contributed by atoms with Gasteiger partial charge >= 0.3 is 0 Å². The van der Waals surface area contributed by atoms with E-state index < -0.39 is 5.91 Å². The molecule has 1 saturated heterocycles. The van der Waals surface area contributed by atoms with Crippen LogP contribution in [-0.2, 0) is 17.6 Å². The molecule has 4 N–H and O–H groups in total. The van der Waals surface area contributed by atoms with Crippen LogP contribution in [-0.4, -0.2) is 39.3 Å². The number of nitrogen functional groups attached to an aromatic ring is 1. The molecule has 1 atom stereocenters. The van der Waals surface area contributed by atoms with E-state index in [0.29, 0.717) is 24.1 Å². The van der Waals surface area contributed by atoms with Gasteiger partial charge in [-0.1, -0.05) is 18.2 Å². The number of likely N-dealkylation sites (tertiary alicyclic amines) is 1. The fourth-order valence-electron chi connectivity index (χ4n) is 4.62. The smallest absolute Gasteiger partial charge is 0.259 e. The number of thiophene rings is 1. The van der Waals surface area contributed by atoms with Crippen molar-refractivity contribution >= 4 is 39.2 Å². The number of anilines is 1. The van der Waals surface area contributed by atoms with Crippen molar-refractivity contribution in [1.29, 1.82) is 0 Å². The first-order chi connectivity index (χ1) is 14.8. The second kappa shape index (κ2) is 8.63. The van der Waals surface area contributed by atoms with Crippen LogP contribution in [0.25, 0.3) is 10.1 Å². The Morgan fingerprint density at radius 1 is 1.16 bits per heavy atom. The lowest BCUT2D eigenvalue weighted by Gasteiger charge is -2.25. The number of aromatic nitrogens is 2. The molecule has 0 aliphatic carbocycles. The molecule has 0 unspecified atom stereocenters. The van der Waals surface area contributed by atoms with Crippen molar-refractivity contribution in [1.82, 2.24) is 14.9 Å². The van der Waals surface area contributed by atoms with Gasteiger partial charge in [-0.3, -0.25) is 9.59 Å². The minimum atomic E-state index is -0.402. The number of aryl methyl sites for hydroxylation is 2. The molecule has 3 heterocycles. The molecular weight excluding hydrogens is 410 g/mol. The maximum absolute atomic E-state index is 13.1. The van der Waals surface area contributed by atoms with Crippen LogP contribution >= 0.6 is 11.3 Å². The number of carbonyl (C=O) groups is 2. The Balaban J connectivity index is 1.51. The third kappa shape index (κ3) is 4.25. The number of fused-ring (bicyclic) bond motifs is 1. The van der Waals surface area contributed by atoms with Crippen LogP contribution in [0, 0.1) is 13.8 Å². The number of nitrogens with two attached hydrogens (primary N) is 2. The van der Waals surface area contributed by atoms with E-state index in [1.54, 1.807) is 0 Å². The van der Waals surface area contributed by atoms with E-state index in [1.807, 2.05) is 43.0 Å². The molecule has 1 aromatic carbocycles. The molecule has 0 radical (unpaired) electrons. The lowest BCUT2D eigenvalue weighted by atomic mass is 10.00. The van der Waals surface area contributed by atoms with E-state index in [-0.39, 0.29) is 17.9 Å².